The Labute approximate surface area is 295 Å². The van der Waals surface area contributed by atoms with Crippen LogP contribution in [0.1, 0.15) is 188 Å². The number of unbranched alkanes of at least 4 members (excludes halogenated alkanes) is 22. The summed E-state index contributed by atoms with van der Waals surface area (Å²) < 4.78 is 42.1. The van der Waals surface area contributed by atoms with Gasteiger partial charge in [0.15, 0.2) is 0 Å². The summed E-state index contributed by atoms with van der Waals surface area (Å²) in [5, 5.41) is 0. The first kappa shape index (κ1) is 46.3. The van der Waals surface area contributed by atoms with E-state index in [1.165, 1.54) is 134 Å². The molecule has 1 amide bonds. The lowest BCUT2D eigenvalue weighted by Gasteiger charge is -2.32. The Morgan fingerprint density at radius 3 is 1.52 bits per heavy atom. The van der Waals surface area contributed by atoms with Crippen LogP contribution < -0.4 is 0 Å². The molecular weight excluding hydrogens is 626 g/mol. The van der Waals surface area contributed by atoms with Gasteiger partial charge in [-0.1, -0.05) is 160 Å². The number of amides is 1. The molecule has 0 aliphatic rings. The Hall–Kier alpha value is -1.71. The molecule has 0 saturated carbocycles. The molecule has 0 aromatic rings. The Balaban J connectivity index is 4.62. The van der Waals surface area contributed by atoms with Crippen molar-refractivity contribution in [2.45, 2.75) is 200 Å². The minimum atomic E-state index is -4.74. The summed E-state index contributed by atoms with van der Waals surface area (Å²) in [5.74, 6) is -0.744. The third-order valence-electron chi connectivity index (χ3n) is 8.92. The van der Waals surface area contributed by atoms with E-state index in [0.717, 1.165) is 32.1 Å². The maximum Gasteiger partial charge on any atom is 0.397 e. The highest BCUT2D eigenvalue weighted by Gasteiger charge is 2.30. The monoisotopic (exact) mass is 700 g/mol. The SMILES string of the molecule is CCCCCCCCC/C=C/CC/C=C/[C@@H](OC(C)=O)[C@H](COS(=O)(=O)O)N(C)C(=O)CCCCCCCCCCCCCCCCC. The van der Waals surface area contributed by atoms with E-state index in [2.05, 4.69) is 30.2 Å². The van der Waals surface area contributed by atoms with Crippen molar-refractivity contribution in [1.82, 2.24) is 4.90 Å². The van der Waals surface area contributed by atoms with Crippen molar-refractivity contribution in [3.05, 3.63) is 24.3 Å². The zero-order valence-electron chi connectivity index (χ0n) is 31.3. The molecule has 0 fully saturated rings. The molecule has 0 radical (unpaired) electrons. The zero-order chi connectivity index (χ0) is 35.7. The second-order valence-electron chi connectivity index (χ2n) is 13.4. The van der Waals surface area contributed by atoms with Gasteiger partial charge < -0.3 is 9.64 Å². The van der Waals surface area contributed by atoms with Gasteiger partial charge in [-0.25, -0.2) is 4.18 Å². The van der Waals surface area contributed by atoms with Crippen LogP contribution in [0.4, 0.5) is 0 Å². The highest BCUT2D eigenvalue weighted by Crippen LogP contribution is 2.17. The largest absolute Gasteiger partial charge is 0.456 e. The fraction of sp³-hybridized carbons (Fsp3) is 0.846. The molecule has 0 spiro atoms. The van der Waals surface area contributed by atoms with Crippen molar-refractivity contribution in [1.29, 1.82) is 0 Å². The van der Waals surface area contributed by atoms with E-state index in [1.54, 1.807) is 13.1 Å². The highest BCUT2D eigenvalue weighted by atomic mass is 32.3. The number of allylic oxidation sites excluding steroid dienone is 3. The van der Waals surface area contributed by atoms with Gasteiger partial charge in [0.2, 0.25) is 5.91 Å². The maximum atomic E-state index is 13.1. The Morgan fingerprint density at radius 2 is 1.06 bits per heavy atom. The topological polar surface area (TPSA) is 110 Å². The third kappa shape index (κ3) is 30.4. The summed E-state index contributed by atoms with van der Waals surface area (Å²) in [5.41, 5.74) is 0. The summed E-state index contributed by atoms with van der Waals surface area (Å²) in [6, 6.07) is -0.913. The van der Waals surface area contributed by atoms with E-state index < -0.39 is 35.1 Å². The molecule has 0 aromatic heterocycles. The Morgan fingerprint density at radius 1 is 0.646 bits per heavy atom. The molecule has 2 atom stereocenters. The van der Waals surface area contributed by atoms with Gasteiger partial charge in [0, 0.05) is 20.4 Å². The van der Waals surface area contributed by atoms with E-state index >= 15 is 0 Å². The smallest absolute Gasteiger partial charge is 0.397 e. The van der Waals surface area contributed by atoms with E-state index in [1.807, 2.05) is 6.08 Å². The molecule has 282 valence electrons. The number of esters is 1. The molecule has 0 saturated heterocycles. The van der Waals surface area contributed by atoms with Crippen LogP contribution in [0.5, 0.6) is 0 Å². The minimum Gasteiger partial charge on any atom is -0.456 e. The van der Waals surface area contributed by atoms with Gasteiger partial charge in [-0.2, -0.15) is 8.42 Å². The summed E-state index contributed by atoms with van der Waals surface area (Å²) in [6.07, 6.45) is 37.5. The summed E-state index contributed by atoms with van der Waals surface area (Å²) >= 11 is 0. The predicted molar refractivity (Wildman–Crippen MR) is 199 cm³/mol. The van der Waals surface area contributed by atoms with Crippen LogP contribution >= 0.6 is 0 Å². The van der Waals surface area contributed by atoms with Crippen LogP contribution in [0.2, 0.25) is 0 Å². The summed E-state index contributed by atoms with van der Waals surface area (Å²) in [4.78, 5) is 26.4. The van der Waals surface area contributed by atoms with Crippen molar-refractivity contribution in [2.75, 3.05) is 13.7 Å². The number of carbonyl (C=O) groups excluding carboxylic acids is 2. The van der Waals surface area contributed by atoms with Crippen LogP contribution in [-0.2, 0) is 28.9 Å². The van der Waals surface area contributed by atoms with Crippen molar-refractivity contribution < 1.29 is 31.5 Å². The molecule has 0 aliphatic carbocycles. The lowest BCUT2D eigenvalue weighted by Crippen LogP contribution is -2.48. The number of rotatable bonds is 34. The zero-order valence-corrected chi connectivity index (χ0v) is 32.1. The summed E-state index contributed by atoms with van der Waals surface area (Å²) in [7, 11) is -3.19. The van der Waals surface area contributed by atoms with Gasteiger partial charge >= 0.3 is 16.4 Å². The molecule has 0 aromatic carbocycles. The van der Waals surface area contributed by atoms with Gasteiger partial charge in [-0.3, -0.25) is 14.1 Å². The van der Waals surface area contributed by atoms with E-state index in [-0.39, 0.29) is 5.91 Å². The second kappa shape index (κ2) is 32.5. The number of hydrogen-bond acceptors (Lipinski definition) is 6. The van der Waals surface area contributed by atoms with Crippen molar-refractivity contribution in [2.24, 2.45) is 0 Å². The summed E-state index contributed by atoms with van der Waals surface area (Å²) in [6.45, 7) is 5.23. The van der Waals surface area contributed by atoms with Crippen molar-refractivity contribution in [3.8, 4) is 0 Å². The van der Waals surface area contributed by atoms with E-state index in [0.29, 0.717) is 12.8 Å². The molecule has 9 heteroatoms. The van der Waals surface area contributed by atoms with Crippen LogP contribution in [-0.4, -0.2) is 55.5 Å². The molecule has 0 bridgehead atoms. The third-order valence-corrected chi connectivity index (χ3v) is 9.35. The predicted octanol–water partition coefficient (Wildman–Crippen LogP) is 10.9. The number of carbonyl (C=O) groups is 2. The lowest BCUT2D eigenvalue weighted by atomic mass is 10.0. The molecule has 0 heterocycles. The molecule has 8 nitrogen and oxygen atoms in total. The first-order valence-electron chi connectivity index (χ1n) is 19.5. The van der Waals surface area contributed by atoms with E-state index in [9.17, 15) is 22.6 Å². The van der Waals surface area contributed by atoms with Crippen LogP contribution in [0.25, 0.3) is 0 Å². The molecule has 0 unspecified atom stereocenters. The van der Waals surface area contributed by atoms with Crippen LogP contribution in [0.3, 0.4) is 0 Å². The van der Waals surface area contributed by atoms with Crippen LogP contribution in [0.15, 0.2) is 24.3 Å². The quantitative estimate of drug-likeness (QED) is 0.0308. The molecule has 1 N–H and O–H groups in total. The number of hydrogen-bond donors (Lipinski definition) is 1. The van der Waals surface area contributed by atoms with Crippen molar-refractivity contribution in [3.63, 3.8) is 0 Å². The highest BCUT2D eigenvalue weighted by molar-refractivity contribution is 7.80. The fourth-order valence-electron chi connectivity index (χ4n) is 5.91. The molecule has 0 aliphatic heterocycles. The fourth-order valence-corrected chi connectivity index (χ4v) is 6.22. The first-order chi connectivity index (χ1) is 23.1. The van der Waals surface area contributed by atoms with Gasteiger partial charge in [-0.15, -0.1) is 0 Å². The van der Waals surface area contributed by atoms with Gasteiger partial charge in [0.05, 0.1) is 12.6 Å². The van der Waals surface area contributed by atoms with E-state index in [4.69, 9.17) is 4.74 Å². The number of likely N-dealkylation sites (N-methyl/N-ethyl adjacent to an activating group) is 1. The standard InChI is InChI=1S/C39H73NO7S/c1-5-7-9-11-13-15-17-19-20-22-24-26-28-30-32-34-39(42)40(4)37(35-46-48(43,44)45)38(47-36(3)41)33-31-29-27-25-23-21-18-16-14-12-10-8-6-2/h23,25,31,33,37-38H,5-22,24,26-30,32,34-35H2,1-4H3,(H,43,44,45)/b25-23+,33-31+/t37-,38+/m0/s1. The van der Waals surface area contributed by atoms with Gasteiger partial charge in [0.25, 0.3) is 0 Å². The number of nitrogens with zero attached hydrogens (tertiary/aromatic N) is 1. The molecule has 48 heavy (non-hydrogen) atoms. The van der Waals surface area contributed by atoms with Gasteiger partial charge in [0.1, 0.15) is 6.10 Å². The number of ether oxygens (including phenoxy) is 1. The van der Waals surface area contributed by atoms with Gasteiger partial charge in [-0.05, 0) is 38.2 Å². The normalized spacial score (nSPS) is 13.4. The lowest BCUT2D eigenvalue weighted by molar-refractivity contribution is -0.151. The molecular formula is C39H73NO7S. The molecule has 0 rings (SSSR count). The minimum absolute atomic E-state index is 0.188. The Kier molecular flexibility index (Phi) is 31.3. The average molecular weight is 700 g/mol. The first-order valence-corrected chi connectivity index (χ1v) is 20.8. The Bertz CT molecular complexity index is 935. The average Bonchev–Trinajstić information content (AvgIpc) is 3.04. The van der Waals surface area contributed by atoms with Crippen molar-refractivity contribution >= 4 is 22.3 Å². The van der Waals surface area contributed by atoms with Crippen LogP contribution in [0, 0.1) is 0 Å². The second-order valence-corrected chi connectivity index (χ2v) is 14.5. The maximum absolute atomic E-state index is 13.1.